The molecular weight excluding hydrogens is 436 g/mol. The first-order chi connectivity index (χ1) is 15.7. The summed E-state index contributed by atoms with van der Waals surface area (Å²) >= 11 is 0. The summed E-state index contributed by atoms with van der Waals surface area (Å²) in [6, 6.07) is 12.8. The van der Waals surface area contributed by atoms with Crippen LogP contribution in [0.3, 0.4) is 0 Å². The summed E-state index contributed by atoms with van der Waals surface area (Å²) < 4.78 is 29.8. The number of rotatable bonds is 5. The molecule has 0 unspecified atom stereocenters. The molecule has 1 aromatic heterocycles. The van der Waals surface area contributed by atoms with E-state index >= 15 is 0 Å². The molecule has 1 amide bonds. The van der Waals surface area contributed by atoms with E-state index in [0.717, 1.165) is 36.2 Å². The van der Waals surface area contributed by atoms with Crippen LogP contribution in [0.25, 0.3) is 5.69 Å². The van der Waals surface area contributed by atoms with E-state index in [4.69, 9.17) is 0 Å². The minimum atomic E-state index is -3.64. The van der Waals surface area contributed by atoms with Crippen molar-refractivity contribution in [3.05, 3.63) is 70.5 Å². The number of carbonyl (C=O) groups excluding carboxylic acids is 1. The predicted molar refractivity (Wildman–Crippen MR) is 130 cm³/mol. The molecule has 8 heteroatoms. The highest BCUT2D eigenvalue weighted by Gasteiger charge is 2.28. The van der Waals surface area contributed by atoms with Crippen molar-refractivity contribution in [2.45, 2.75) is 51.9 Å². The molecule has 33 heavy (non-hydrogen) atoms. The van der Waals surface area contributed by atoms with Gasteiger partial charge < -0.3 is 5.32 Å². The zero-order valence-corrected chi connectivity index (χ0v) is 20.4. The van der Waals surface area contributed by atoms with Gasteiger partial charge in [-0.05, 0) is 70.4 Å². The SMILES string of the molecule is Cc1ccc(-n2nc(C)c(NC(=O)c3ccc(C)c(S(=O)(=O)N4CCCCC4)c3)c2C)cc1. The molecule has 0 saturated carbocycles. The Kier molecular flexibility index (Phi) is 6.41. The maximum Gasteiger partial charge on any atom is 0.255 e. The number of nitrogens with one attached hydrogen (secondary N) is 1. The van der Waals surface area contributed by atoms with E-state index in [-0.39, 0.29) is 10.8 Å². The Labute approximate surface area is 195 Å². The van der Waals surface area contributed by atoms with E-state index in [1.165, 1.54) is 10.4 Å². The molecule has 0 atom stereocenters. The number of hydrogen-bond donors (Lipinski definition) is 1. The molecule has 1 fully saturated rings. The first-order valence-electron chi connectivity index (χ1n) is 11.2. The molecular formula is C25H30N4O3S. The van der Waals surface area contributed by atoms with Crippen LogP contribution in [0.1, 0.15) is 52.1 Å². The van der Waals surface area contributed by atoms with E-state index in [1.54, 1.807) is 23.7 Å². The third kappa shape index (κ3) is 4.58. The first kappa shape index (κ1) is 23.2. The summed E-state index contributed by atoms with van der Waals surface area (Å²) in [6.45, 7) is 8.57. The molecule has 2 heterocycles. The highest BCUT2D eigenvalue weighted by Crippen LogP contribution is 2.27. The maximum atomic E-state index is 13.2. The van der Waals surface area contributed by atoms with Gasteiger partial charge in [0.25, 0.3) is 5.91 Å². The molecule has 4 rings (SSSR count). The number of nitrogens with zero attached hydrogens (tertiary/aromatic N) is 3. The molecule has 1 aliphatic heterocycles. The van der Waals surface area contributed by atoms with Crippen LogP contribution >= 0.6 is 0 Å². The Bertz CT molecular complexity index is 1290. The summed E-state index contributed by atoms with van der Waals surface area (Å²) in [5, 5.41) is 7.53. The monoisotopic (exact) mass is 466 g/mol. The van der Waals surface area contributed by atoms with Gasteiger partial charge >= 0.3 is 0 Å². The molecule has 3 aromatic rings. The van der Waals surface area contributed by atoms with E-state index < -0.39 is 10.0 Å². The third-order valence-corrected chi connectivity index (χ3v) is 8.23. The van der Waals surface area contributed by atoms with Crippen LogP contribution in [0.2, 0.25) is 0 Å². The fourth-order valence-electron chi connectivity index (χ4n) is 4.21. The topological polar surface area (TPSA) is 84.3 Å². The van der Waals surface area contributed by atoms with Crippen LogP contribution in [-0.2, 0) is 10.0 Å². The zero-order chi connectivity index (χ0) is 23.8. The minimum Gasteiger partial charge on any atom is -0.319 e. The van der Waals surface area contributed by atoms with Crippen LogP contribution in [0.5, 0.6) is 0 Å². The van der Waals surface area contributed by atoms with Gasteiger partial charge in [0.15, 0.2) is 0 Å². The van der Waals surface area contributed by atoms with Gasteiger partial charge in [-0.2, -0.15) is 9.40 Å². The normalized spacial score (nSPS) is 14.9. The number of hydrogen-bond acceptors (Lipinski definition) is 4. The second-order valence-electron chi connectivity index (χ2n) is 8.69. The lowest BCUT2D eigenvalue weighted by molar-refractivity contribution is 0.102. The maximum absolute atomic E-state index is 13.2. The lowest BCUT2D eigenvalue weighted by Gasteiger charge is -2.26. The van der Waals surface area contributed by atoms with Crippen LogP contribution in [0.15, 0.2) is 47.4 Å². The summed E-state index contributed by atoms with van der Waals surface area (Å²) in [5.41, 5.74) is 5.12. The minimum absolute atomic E-state index is 0.195. The second kappa shape index (κ2) is 9.11. The summed E-state index contributed by atoms with van der Waals surface area (Å²) in [5.74, 6) is -0.361. The van der Waals surface area contributed by atoms with Crippen molar-refractivity contribution in [1.82, 2.24) is 14.1 Å². The largest absolute Gasteiger partial charge is 0.319 e. The predicted octanol–water partition coefficient (Wildman–Crippen LogP) is 4.53. The molecule has 0 spiro atoms. The average molecular weight is 467 g/mol. The Morgan fingerprint density at radius 1 is 0.939 bits per heavy atom. The van der Waals surface area contributed by atoms with Crippen molar-refractivity contribution < 1.29 is 13.2 Å². The lowest BCUT2D eigenvalue weighted by Crippen LogP contribution is -2.36. The number of aromatic nitrogens is 2. The van der Waals surface area contributed by atoms with E-state index in [2.05, 4.69) is 10.4 Å². The fraction of sp³-hybridized carbons (Fsp3) is 0.360. The number of sulfonamides is 1. The van der Waals surface area contributed by atoms with Crippen molar-refractivity contribution in [2.24, 2.45) is 0 Å². The van der Waals surface area contributed by atoms with E-state index in [9.17, 15) is 13.2 Å². The average Bonchev–Trinajstić information content (AvgIpc) is 3.08. The van der Waals surface area contributed by atoms with Gasteiger partial charge in [-0.1, -0.05) is 30.2 Å². The van der Waals surface area contributed by atoms with Gasteiger partial charge in [0.05, 0.1) is 27.7 Å². The summed E-state index contributed by atoms with van der Waals surface area (Å²) in [7, 11) is -3.64. The summed E-state index contributed by atoms with van der Waals surface area (Å²) in [6.07, 6.45) is 2.77. The van der Waals surface area contributed by atoms with Crippen LogP contribution in [0.4, 0.5) is 5.69 Å². The number of benzene rings is 2. The molecule has 174 valence electrons. The van der Waals surface area contributed by atoms with E-state index in [1.807, 2.05) is 45.0 Å². The highest BCUT2D eigenvalue weighted by atomic mass is 32.2. The van der Waals surface area contributed by atoms with Crippen molar-refractivity contribution in [3.8, 4) is 5.69 Å². The van der Waals surface area contributed by atoms with Crippen molar-refractivity contribution in [2.75, 3.05) is 18.4 Å². The standard InChI is InChI=1S/C25H30N4O3S/c1-17-8-12-22(13-9-17)29-20(4)24(19(3)27-29)26-25(30)21-11-10-18(2)23(16-21)33(31,32)28-14-6-5-7-15-28/h8-13,16H,5-7,14-15H2,1-4H3,(H,26,30). The van der Waals surface area contributed by atoms with Crippen molar-refractivity contribution in [1.29, 1.82) is 0 Å². The highest BCUT2D eigenvalue weighted by molar-refractivity contribution is 7.89. The zero-order valence-electron chi connectivity index (χ0n) is 19.6. The van der Waals surface area contributed by atoms with Gasteiger partial charge in [0.2, 0.25) is 10.0 Å². The first-order valence-corrected chi connectivity index (χ1v) is 12.7. The number of anilines is 1. The molecule has 0 radical (unpaired) electrons. The third-order valence-electron chi connectivity index (χ3n) is 6.19. The molecule has 0 aliphatic carbocycles. The fourth-order valence-corrected chi connectivity index (χ4v) is 5.98. The van der Waals surface area contributed by atoms with Crippen LogP contribution in [0, 0.1) is 27.7 Å². The number of aryl methyl sites for hydroxylation is 3. The number of carbonyl (C=O) groups is 1. The summed E-state index contributed by atoms with van der Waals surface area (Å²) in [4.78, 5) is 13.3. The Hall–Kier alpha value is -2.97. The molecule has 0 bridgehead atoms. The van der Waals surface area contributed by atoms with E-state index in [0.29, 0.717) is 35.6 Å². The molecule has 2 aromatic carbocycles. The lowest BCUT2D eigenvalue weighted by atomic mass is 10.1. The second-order valence-corrected chi connectivity index (χ2v) is 10.6. The number of piperidine rings is 1. The number of amides is 1. The molecule has 7 nitrogen and oxygen atoms in total. The molecule has 1 aliphatic rings. The Morgan fingerprint density at radius 2 is 1.61 bits per heavy atom. The van der Waals surface area contributed by atoms with Gasteiger partial charge in [0.1, 0.15) is 0 Å². The van der Waals surface area contributed by atoms with Gasteiger partial charge in [0, 0.05) is 18.7 Å². The quantitative estimate of drug-likeness (QED) is 0.599. The Morgan fingerprint density at radius 3 is 2.27 bits per heavy atom. The van der Waals surface area contributed by atoms with Crippen LogP contribution < -0.4 is 5.32 Å². The molecule has 1 N–H and O–H groups in total. The Balaban J connectivity index is 1.62. The van der Waals surface area contributed by atoms with Gasteiger partial charge in [-0.3, -0.25) is 4.79 Å². The van der Waals surface area contributed by atoms with Crippen molar-refractivity contribution in [3.63, 3.8) is 0 Å². The smallest absolute Gasteiger partial charge is 0.255 e. The van der Waals surface area contributed by atoms with Gasteiger partial charge in [-0.25, -0.2) is 13.1 Å². The molecule has 1 saturated heterocycles. The van der Waals surface area contributed by atoms with Gasteiger partial charge in [-0.15, -0.1) is 0 Å². The van der Waals surface area contributed by atoms with Crippen LogP contribution in [-0.4, -0.2) is 41.5 Å². The van der Waals surface area contributed by atoms with Crippen molar-refractivity contribution >= 4 is 21.6 Å².